The molecule has 2 aliphatic heterocycles. The van der Waals surface area contributed by atoms with Crippen LogP contribution in [0.25, 0.3) is 33.6 Å². The SMILES string of the molecule is FC1CNC(c2ncc(-c3ccc(-c4ccc(-c5cnc(C6CC(F)CN6)[nH]5)c5c4C4CCC5C4)cc3)[nH]2)C1. The first-order valence-electron chi connectivity index (χ1n) is 14.2. The van der Waals surface area contributed by atoms with E-state index in [4.69, 9.17) is 0 Å². The highest BCUT2D eigenvalue weighted by atomic mass is 19.1. The Morgan fingerprint density at radius 1 is 0.615 bits per heavy atom. The average Bonchev–Trinajstić information content (AvgIpc) is 3.79. The molecule has 8 heteroatoms. The number of nitrogens with one attached hydrogen (secondary N) is 4. The van der Waals surface area contributed by atoms with E-state index in [1.807, 2.05) is 12.4 Å². The molecule has 2 aromatic carbocycles. The molecule has 2 bridgehead atoms. The Morgan fingerprint density at radius 3 is 1.77 bits per heavy atom. The van der Waals surface area contributed by atoms with E-state index in [0.717, 1.165) is 28.6 Å². The lowest BCUT2D eigenvalue weighted by molar-refractivity contribution is 0.354. The van der Waals surface area contributed by atoms with E-state index < -0.39 is 12.3 Å². The molecule has 6 nitrogen and oxygen atoms in total. The highest BCUT2D eigenvalue weighted by molar-refractivity contribution is 5.80. The normalized spacial score (nSPS) is 29.4. The molecule has 200 valence electrons. The molecular weight excluding hydrogens is 494 g/mol. The van der Waals surface area contributed by atoms with Gasteiger partial charge in [0, 0.05) is 31.5 Å². The van der Waals surface area contributed by atoms with Gasteiger partial charge in [0.2, 0.25) is 0 Å². The van der Waals surface area contributed by atoms with Crippen LogP contribution in [0.15, 0.2) is 48.8 Å². The Kier molecular flexibility index (Phi) is 5.49. The standard InChI is InChI=1S/C31H32F2N6/c32-20-10-24(34-12-20)30-36-14-26(38-30)17-3-1-16(2-4-17)22-7-8-23(29-19-6-5-18(9-19)28(22)29)27-15-37-31(39-27)25-11-21(33)13-35-25/h1-4,7-8,14-15,18-21,24-25,34-35H,5-6,9-13H2,(H,36,38)(H,37,39). The zero-order valence-corrected chi connectivity index (χ0v) is 21.7. The number of aromatic nitrogens is 4. The number of rotatable bonds is 5. The lowest BCUT2D eigenvalue weighted by Crippen LogP contribution is -2.15. The summed E-state index contributed by atoms with van der Waals surface area (Å²) in [4.78, 5) is 16.1. The van der Waals surface area contributed by atoms with Crippen LogP contribution >= 0.6 is 0 Å². The number of benzene rings is 2. The fraction of sp³-hybridized carbons (Fsp3) is 0.419. The van der Waals surface area contributed by atoms with Gasteiger partial charge in [0.15, 0.2) is 0 Å². The summed E-state index contributed by atoms with van der Waals surface area (Å²) in [5, 5.41) is 6.43. The number of aromatic amines is 2. The zero-order valence-electron chi connectivity index (χ0n) is 21.7. The van der Waals surface area contributed by atoms with E-state index in [9.17, 15) is 8.78 Å². The summed E-state index contributed by atoms with van der Waals surface area (Å²) in [6.45, 7) is 0.783. The van der Waals surface area contributed by atoms with Crippen LogP contribution in [0.3, 0.4) is 0 Å². The van der Waals surface area contributed by atoms with Gasteiger partial charge in [-0.2, -0.15) is 0 Å². The van der Waals surface area contributed by atoms with Gasteiger partial charge >= 0.3 is 0 Å². The maximum Gasteiger partial charge on any atom is 0.123 e. The van der Waals surface area contributed by atoms with E-state index in [2.05, 4.69) is 67.0 Å². The van der Waals surface area contributed by atoms with Crippen molar-refractivity contribution in [2.24, 2.45) is 0 Å². The Balaban J connectivity index is 1.10. The van der Waals surface area contributed by atoms with Crippen molar-refractivity contribution in [2.75, 3.05) is 13.1 Å². The van der Waals surface area contributed by atoms with E-state index in [1.54, 1.807) is 0 Å². The molecule has 0 spiro atoms. The minimum absolute atomic E-state index is 0.0444. The van der Waals surface area contributed by atoms with Crippen molar-refractivity contribution >= 4 is 0 Å². The topological polar surface area (TPSA) is 81.4 Å². The van der Waals surface area contributed by atoms with Crippen LogP contribution in [0.5, 0.6) is 0 Å². The Hall–Kier alpha value is -3.36. The van der Waals surface area contributed by atoms with E-state index >= 15 is 0 Å². The van der Waals surface area contributed by atoms with Gasteiger partial charge in [0.1, 0.15) is 24.0 Å². The number of imidazole rings is 2. The quantitative estimate of drug-likeness (QED) is 0.248. The summed E-state index contributed by atoms with van der Waals surface area (Å²) in [5.74, 6) is 2.81. The third kappa shape index (κ3) is 3.95. The average molecular weight is 527 g/mol. The summed E-state index contributed by atoms with van der Waals surface area (Å²) in [6.07, 6.45) is 6.79. The molecule has 2 aliphatic carbocycles. The molecule has 4 aromatic rings. The number of fused-ring (bicyclic) bond motifs is 5. The maximum atomic E-state index is 13.8. The first kappa shape index (κ1) is 23.5. The lowest BCUT2D eigenvalue weighted by atomic mass is 9.82. The van der Waals surface area contributed by atoms with Crippen LogP contribution in [0.4, 0.5) is 8.78 Å². The highest BCUT2D eigenvalue weighted by Crippen LogP contribution is 2.58. The van der Waals surface area contributed by atoms with Crippen LogP contribution < -0.4 is 10.6 Å². The molecule has 6 atom stereocenters. The number of nitrogens with zero attached hydrogens (tertiary/aromatic N) is 2. The van der Waals surface area contributed by atoms with Crippen molar-refractivity contribution in [2.45, 2.75) is 68.4 Å². The number of halogens is 2. The van der Waals surface area contributed by atoms with E-state index in [-0.39, 0.29) is 12.1 Å². The third-order valence-corrected chi connectivity index (χ3v) is 9.34. The fourth-order valence-electron chi connectivity index (χ4n) is 7.45. The predicted molar refractivity (Wildman–Crippen MR) is 147 cm³/mol. The number of alkyl halides is 2. The molecule has 1 saturated carbocycles. The van der Waals surface area contributed by atoms with Gasteiger partial charge in [0.05, 0.1) is 35.9 Å². The number of hydrogen-bond acceptors (Lipinski definition) is 4. The molecule has 39 heavy (non-hydrogen) atoms. The van der Waals surface area contributed by atoms with Crippen molar-refractivity contribution in [3.05, 3.63) is 71.6 Å². The first-order chi connectivity index (χ1) is 19.1. The van der Waals surface area contributed by atoms with Crippen molar-refractivity contribution in [3.63, 3.8) is 0 Å². The van der Waals surface area contributed by atoms with Gasteiger partial charge in [-0.3, -0.25) is 0 Å². The van der Waals surface area contributed by atoms with Crippen molar-refractivity contribution in [3.8, 4) is 33.6 Å². The largest absolute Gasteiger partial charge is 0.341 e. The van der Waals surface area contributed by atoms with Gasteiger partial charge in [-0.1, -0.05) is 36.4 Å². The number of H-pyrrole nitrogens is 2. The second-order valence-corrected chi connectivity index (χ2v) is 11.7. The Labute approximate surface area is 226 Å². The van der Waals surface area contributed by atoms with Crippen LogP contribution in [-0.4, -0.2) is 45.4 Å². The van der Waals surface area contributed by atoms with Crippen LogP contribution in [-0.2, 0) is 0 Å². The highest BCUT2D eigenvalue weighted by Gasteiger charge is 2.40. The smallest absolute Gasteiger partial charge is 0.123 e. The van der Waals surface area contributed by atoms with Crippen LogP contribution in [0.1, 0.15) is 78.8 Å². The predicted octanol–water partition coefficient (Wildman–Crippen LogP) is 6.24. The molecule has 8 rings (SSSR count). The second kappa shape index (κ2) is 9.10. The Morgan fingerprint density at radius 2 is 1.15 bits per heavy atom. The van der Waals surface area contributed by atoms with Crippen LogP contribution in [0, 0.1) is 0 Å². The van der Waals surface area contributed by atoms with Gasteiger partial charge in [-0.15, -0.1) is 0 Å². The second-order valence-electron chi connectivity index (χ2n) is 11.7. The monoisotopic (exact) mass is 526 g/mol. The van der Waals surface area contributed by atoms with Crippen molar-refractivity contribution < 1.29 is 8.78 Å². The summed E-state index contributed by atoms with van der Waals surface area (Å²) in [5.41, 5.74) is 9.80. The van der Waals surface area contributed by atoms with Gasteiger partial charge in [-0.25, -0.2) is 18.7 Å². The van der Waals surface area contributed by atoms with E-state index in [1.165, 1.54) is 47.1 Å². The molecule has 4 heterocycles. The fourth-order valence-corrected chi connectivity index (χ4v) is 7.45. The molecule has 0 radical (unpaired) electrons. The molecule has 2 aromatic heterocycles. The van der Waals surface area contributed by atoms with Gasteiger partial charge in [-0.05, 0) is 58.9 Å². The third-order valence-electron chi connectivity index (χ3n) is 9.34. The number of hydrogen-bond donors (Lipinski definition) is 4. The Bertz CT molecular complexity index is 1520. The summed E-state index contributed by atoms with van der Waals surface area (Å²) in [7, 11) is 0. The molecule has 6 unspecified atom stereocenters. The molecule has 0 amide bonds. The molecular formula is C31H32F2N6. The molecule has 4 N–H and O–H groups in total. The lowest BCUT2D eigenvalue weighted by Gasteiger charge is -2.22. The van der Waals surface area contributed by atoms with Crippen LogP contribution in [0.2, 0.25) is 0 Å². The zero-order chi connectivity index (χ0) is 26.1. The summed E-state index contributed by atoms with van der Waals surface area (Å²) in [6, 6.07) is 13.1. The molecule has 4 aliphatic rings. The minimum Gasteiger partial charge on any atom is -0.341 e. The summed E-state index contributed by atoms with van der Waals surface area (Å²) >= 11 is 0. The minimum atomic E-state index is -0.810. The maximum absolute atomic E-state index is 13.8. The van der Waals surface area contributed by atoms with E-state index in [0.29, 0.717) is 37.8 Å². The van der Waals surface area contributed by atoms with Gasteiger partial charge in [0.25, 0.3) is 0 Å². The summed E-state index contributed by atoms with van der Waals surface area (Å²) < 4.78 is 27.4. The molecule has 2 saturated heterocycles. The van der Waals surface area contributed by atoms with Crippen molar-refractivity contribution in [1.29, 1.82) is 0 Å². The van der Waals surface area contributed by atoms with Gasteiger partial charge < -0.3 is 20.6 Å². The first-order valence-corrected chi connectivity index (χ1v) is 14.2. The van der Waals surface area contributed by atoms with Crippen molar-refractivity contribution in [1.82, 2.24) is 30.6 Å². The molecule has 3 fully saturated rings.